The molecule has 1 heterocycles. The molecular weight excluding hydrogens is 200 g/mol. The van der Waals surface area contributed by atoms with Gasteiger partial charge in [-0.25, -0.2) is 0 Å². The Morgan fingerprint density at radius 3 is 3.06 bits per heavy atom. The highest BCUT2D eigenvalue weighted by Crippen LogP contribution is 2.17. The molecule has 0 fully saturated rings. The normalized spacial score (nSPS) is 10.5. The number of hydrogen-bond donors (Lipinski definition) is 0. The molecule has 0 radical (unpaired) electrons. The highest BCUT2D eigenvalue weighted by Gasteiger charge is 1.96. The van der Waals surface area contributed by atoms with Crippen LogP contribution in [0, 0.1) is 0 Å². The summed E-state index contributed by atoms with van der Waals surface area (Å²) in [6.07, 6.45) is 7.38. The van der Waals surface area contributed by atoms with Crippen molar-refractivity contribution in [1.82, 2.24) is 4.98 Å². The van der Waals surface area contributed by atoms with Crippen LogP contribution in [0.15, 0.2) is 47.8 Å². The van der Waals surface area contributed by atoms with Gasteiger partial charge in [0.25, 0.3) is 0 Å². The van der Waals surface area contributed by atoms with Gasteiger partial charge in [-0.1, -0.05) is 41.5 Å². The van der Waals surface area contributed by atoms with Crippen LogP contribution in [0.2, 0.25) is 0 Å². The van der Waals surface area contributed by atoms with E-state index in [9.17, 15) is 0 Å². The minimum Gasteiger partial charge on any atom is -0.263 e. The second-order valence-corrected chi connectivity index (χ2v) is 3.27. The Morgan fingerprint density at radius 2 is 2.19 bits per heavy atom. The van der Waals surface area contributed by atoms with Gasteiger partial charge in [-0.2, -0.15) is 0 Å². The van der Waals surface area contributed by atoms with Crippen molar-refractivity contribution in [2.24, 2.45) is 5.11 Å². The minimum atomic E-state index is 0.361. The van der Waals surface area contributed by atoms with Gasteiger partial charge in [-0.3, -0.25) is 4.98 Å². The first kappa shape index (κ1) is 10.2. The van der Waals surface area contributed by atoms with Gasteiger partial charge in [0.15, 0.2) is 0 Å². The molecule has 78 valence electrons. The molecule has 16 heavy (non-hydrogen) atoms. The smallest absolute Gasteiger partial charge is 0.0443 e. The van der Waals surface area contributed by atoms with E-state index in [0.29, 0.717) is 6.54 Å². The van der Waals surface area contributed by atoms with Crippen LogP contribution in [0.3, 0.4) is 0 Å². The van der Waals surface area contributed by atoms with Gasteiger partial charge in [0.05, 0.1) is 0 Å². The quantitative estimate of drug-likeness (QED) is 0.434. The van der Waals surface area contributed by atoms with Gasteiger partial charge in [-0.15, -0.1) is 0 Å². The number of aromatic nitrogens is 1. The lowest BCUT2D eigenvalue weighted by Crippen LogP contribution is -1.81. The van der Waals surface area contributed by atoms with E-state index in [1.54, 1.807) is 6.20 Å². The maximum absolute atomic E-state index is 8.15. The van der Waals surface area contributed by atoms with Crippen LogP contribution in [0.25, 0.3) is 27.3 Å². The topological polar surface area (TPSA) is 61.7 Å². The summed E-state index contributed by atoms with van der Waals surface area (Å²) in [5, 5.41) is 5.69. The van der Waals surface area contributed by atoms with Crippen molar-refractivity contribution in [3.63, 3.8) is 0 Å². The first-order valence-corrected chi connectivity index (χ1v) is 4.92. The zero-order valence-electron chi connectivity index (χ0n) is 8.61. The molecule has 0 bridgehead atoms. The Hall–Kier alpha value is -2.32. The molecule has 1 aromatic heterocycles. The molecule has 0 saturated carbocycles. The van der Waals surface area contributed by atoms with E-state index in [-0.39, 0.29) is 0 Å². The van der Waals surface area contributed by atoms with Crippen LogP contribution in [0.1, 0.15) is 5.56 Å². The van der Waals surface area contributed by atoms with Crippen molar-refractivity contribution in [2.75, 3.05) is 6.54 Å². The molecule has 0 aliphatic rings. The first-order chi connectivity index (χ1) is 7.92. The Labute approximate surface area is 92.9 Å². The number of azide groups is 1. The van der Waals surface area contributed by atoms with Gasteiger partial charge >= 0.3 is 0 Å². The van der Waals surface area contributed by atoms with Crippen LogP contribution in [-0.2, 0) is 0 Å². The lowest BCUT2D eigenvalue weighted by molar-refractivity contribution is 1.22. The summed E-state index contributed by atoms with van der Waals surface area (Å²) in [4.78, 5) is 6.84. The number of fused-ring (bicyclic) bond motifs is 1. The van der Waals surface area contributed by atoms with Crippen LogP contribution >= 0.6 is 0 Å². The predicted octanol–water partition coefficient (Wildman–Crippen LogP) is 3.56. The maximum Gasteiger partial charge on any atom is 0.0443 e. The number of hydrogen-bond acceptors (Lipinski definition) is 2. The predicted molar refractivity (Wildman–Crippen MR) is 64.8 cm³/mol. The lowest BCUT2D eigenvalue weighted by Gasteiger charge is -2.00. The molecule has 0 N–H and O–H groups in total. The fourth-order valence-electron chi connectivity index (χ4n) is 1.54. The summed E-state index contributed by atoms with van der Waals surface area (Å²) < 4.78 is 0. The highest BCUT2D eigenvalue weighted by molar-refractivity contribution is 5.89. The van der Waals surface area contributed by atoms with Crippen molar-refractivity contribution in [2.45, 2.75) is 0 Å². The lowest BCUT2D eigenvalue weighted by atomic mass is 10.1. The van der Waals surface area contributed by atoms with Gasteiger partial charge in [0.1, 0.15) is 0 Å². The molecule has 2 rings (SSSR count). The molecule has 1 aromatic carbocycles. The third kappa shape index (κ3) is 2.19. The number of benzene rings is 1. The van der Waals surface area contributed by atoms with E-state index in [0.717, 1.165) is 16.3 Å². The standard InChI is InChI=1S/C12H10N4/c13-16-15-7-3-5-11-9-14-8-10-4-1-2-6-12(10)11/h1-6,8-9H,7H2. The third-order valence-corrected chi connectivity index (χ3v) is 2.25. The second-order valence-electron chi connectivity index (χ2n) is 3.27. The molecule has 4 nitrogen and oxygen atoms in total. The summed E-state index contributed by atoms with van der Waals surface area (Å²) in [5.41, 5.74) is 9.18. The Bertz CT molecular complexity index is 563. The van der Waals surface area contributed by atoms with E-state index in [1.165, 1.54) is 0 Å². The first-order valence-electron chi connectivity index (χ1n) is 4.92. The summed E-state index contributed by atoms with van der Waals surface area (Å²) in [6, 6.07) is 8.04. The fraction of sp³-hybridized carbons (Fsp3) is 0.0833. The summed E-state index contributed by atoms with van der Waals surface area (Å²) in [6.45, 7) is 0.361. The maximum atomic E-state index is 8.15. The van der Waals surface area contributed by atoms with Gasteiger partial charge in [0.2, 0.25) is 0 Å². The highest BCUT2D eigenvalue weighted by atomic mass is 15.1. The number of nitrogens with zero attached hydrogens (tertiary/aromatic N) is 4. The van der Waals surface area contributed by atoms with Crippen molar-refractivity contribution in [3.8, 4) is 0 Å². The third-order valence-electron chi connectivity index (χ3n) is 2.25. The zero-order valence-corrected chi connectivity index (χ0v) is 8.61. The molecule has 0 aliphatic heterocycles. The largest absolute Gasteiger partial charge is 0.263 e. The van der Waals surface area contributed by atoms with Crippen molar-refractivity contribution >= 4 is 16.8 Å². The van der Waals surface area contributed by atoms with Crippen molar-refractivity contribution in [1.29, 1.82) is 0 Å². The van der Waals surface area contributed by atoms with Crippen molar-refractivity contribution < 1.29 is 0 Å². The van der Waals surface area contributed by atoms with Crippen LogP contribution < -0.4 is 0 Å². The van der Waals surface area contributed by atoms with E-state index in [1.807, 2.05) is 42.6 Å². The molecule has 2 aromatic rings. The summed E-state index contributed by atoms with van der Waals surface area (Å²) in [5.74, 6) is 0. The van der Waals surface area contributed by atoms with Gasteiger partial charge in [0, 0.05) is 34.8 Å². The summed E-state index contributed by atoms with van der Waals surface area (Å²) in [7, 11) is 0. The molecule has 0 spiro atoms. The van der Waals surface area contributed by atoms with Crippen LogP contribution in [-0.4, -0.2) is 11.5 Å². The minimum absolute atomic E-state index is 0.361. The average Bonchev–Trinajstić information content (AvgIpc) is 2.35. The molecular formula is C12H10N4. The van der Waals surface area contributed by atoms with E-state index >= 15 is 0 Å². The second kappa shape index (κ2) is 4.96. The SMILES string of the molecule is [N-]=[N+]=NCC=Cc1cncc2ccccc12. The Balaban J connectivity index is 2.37. The van der Waals surface area contributed by atoms with E-state index in [2.05, 4.69) is 15.0 Å². The van der Waals surface area contributed by atoms with E-state index in [4.69, 9.17) is 5.53 Å². The Morgan fingerprint density at radius 1 is 1.31 bits per heavy atom. The molecule has 0 amide bonds. The van der Waals surface area contributed by atoms with Crippen LogP contribution in [0.4, 0.5) is 0 Å². The molecule has 0 aliphatic carbocycles. The molecule has 4 heteroatoms. The van der Waals surface area contributed by atoms with E-state index < -0.39 is 0 Å². The summed E-state index contributed by atoms with van der Waals surface area (Å²) >= 11 is 0. The molecule has 0 unspecified atom stereocenters. The number of pyridine rings is 1. The zero-order chi connectivity index (χ0) is 11.2. The average molecular weight is 210 g/mol. The molecule has 0 atom stereocenters. The monoisotopic (exact) mass is 210 g/mol. The number of rotatable bonds is 3. The van der Waals surface area contributed by atoms with Crippen molar-refractivity contribution in [3.05, 3.63) is 58.7 Å². The fourth-order valence-corrected chi connectivity index (χ4v) is 1.54. The molecule has 0 saturated heterocycles. The van der Waals surface area contributed by atoms with Crippen LogP contribution in [0.5, 0.6) is 0 Å². The van der Waals surface area contributed by atoms with Gasteiger partial charge < -0.3 is 0 Å². The van der Waals surface area contributed by atoms with Gasteiger partial charge in [-0.05, 0) is 10.9 Å². The Kier molecular flexibility index (Phi) is 3.16.